The van der Waals surface area contributed by atoms with Crippen LogP contribution in [0.1, 0.15) is 41.5 Å². The maximum absolute atomic E-state index is 12.1. The van der Waals surface area contributed by atoms with E-state index in [0.717, 1.165) is 0 Å². The van der Waals surface area contributed by atoms with E-state index in [4.69, 9.17) is 11.6 Å². The van der Waals surface area contributed by atoms with E-state index < -0.39 is 5.41 Å². The number of hydrogen-bond acceptors (Lipinski definition) is 1. The van der Waals surface area contributed by atoms with Gasteiger partial charge >= 0.3 is 0 Å². The summed E-state index contributed by atoms with van der Waals surface area (Å²) in [5.41, 5.74) is -0.386. The van der Waals surface area contributed by atoms with Gasteiger partial charge in [-0.05, 0) is 26.2 Å². The largest absolute Gasteiger partial charge is 0.342 e. The molecule has 0 aromatic rings. The fraction of sp³-hybridized carbons (Fsp3) is 0.917. The average Bonchev–Trinajstić information content (AvgIpc) is 2.12. The molecular formula is C12H24ClNO. The molecule has 1 amide bonds. The lowest BCUT2D eigenvalue weighted by atomic mass is 9.85. The van der Waals surface area contributed by atoms with Crippen molar-refractivity contribution in [3.63, 3.8) is 0 Å². The van der Waals surface area contributed by atoms with Crippen molar-refractivity contribution < 1.29 is 4.79 Å². The van der Waals surface area contributed by atoms with E-state index in [2.05, 4.69) is 27.7 Å². The van der Waals surface area contributed by atoms with E-state index >= 15 is 0 Å². The van der Waals surface area contributed by atoms with Crippen molar-refractivity contribution in [3.8, 4) is 0 Å². The Labute approximate surface area is 99.0 Å². The van der Waals surface area contributed by atoms with Crippen LogP contribution in [0.15, 0.2) is 0 Å². The molecule has 90 valence electrons. The Morgan fingerprint density at radius 3 is 1.93 bits per heavy atom. The number of hydrogen-bond donors (Lipinski definition) is 0. The molecule has 0 saturated carbocycles. The molecule has 2 nitrogen and oxygen atoms in total. The van der Waals surface area contributed by atoms with Crippen molar-refractivity contribution >= 4 is 17.5 Å². The Bertz CT molecular complexity index is 230. The van der Waals surface area contributed by atoms with Crippen molar-refractivity contribution in [3.05, 3.63) is 0 Å². The van der Waals surface area contributed by atoms with Crippen LogP contribution in [0.25, 0.3) is 0 Å². The number of rotatable bonds is 3. The monoisotopic (exact) mass is 233 g/mol. The first-order valence-corrected chi connectivity index (χ1v) is 5.90. The topological polar surface area (TPSA) is 20.3 Å². The molecule has 0 aliphatic heterocycles. The smallest absolute Gasteiger partial charge is 0.229 e. The van der Waals surface area contributed by atoms with Crippen molar-refractivity contribution in [1.82, 2.24) is 4.90 Å². The quantitative estimate of drug-likeness (QED) is 0.686. The van der Waals surface area contributed by atoms with Gasteiger partial charge in [0.15, 0.2) is 0 Å². The molecule has 1 atom stereocenters. The zero-order valence-electron chi connectivity index (χ0n) is 11.0. The third-order valence-corrected chi connectivity index (χ3v) is 3.74. The van der Waals surface area contributed by atoms with Crippen molar-refractivity contribution in [1.29, 1.82) is 0 Å². The normalized spacial score (nSPS) is 14.9. The first kappa shape index (κ1) is 14.8. The molecule has 0 fully saturated rings. The van der Waals surface area contributed by atoms with E-state index in [0.29, 0.717) is 5.88 Å². The molecule has 3 heteroatoms. The first-order valence-electron chi connectivity index (χ1n) is 5.37. The van der Waals surface area contributed by atoms with Crippen LogP contribution in [-0.2, 0) is 4.79 Å². The van der Waals surface area contributed by atoms with Crippen LogP contribution in [0.2, 0.25) is 0 Å². The molecule has 15 heavy (non-hydrogen) atoms. The number of amides is 1. The highest BCUT2D eigenvalue weighted by Crippen LogP contribution is 2.27. The lowest BCUT2D eigenvalue weighted by Crippen LogP contribution is -2.48. The van der Waals surface area contributed by atoms with Gasteiger partial charge in [-0.15, -0.1) is 11.6 Å². The van der Waals surface area contributed by atoms with Gasteiger partial charge in [0.1, 0.15) is 0 Å². The Kier molecular flexibility index (Phi) is 4.66. The van der Waals surface area contributed by atoms with Gasteiger partial charge < -0.3 is 4.90 Å². The maximum atomic E-state index is 12.1. The Morgan fingerprint density at radius 2 is 1.67 bits per heavy atom. The molecule has 0 saturated heterocycles. The summed E-state index contributed by atoms with van der Waals surface area (Å²) in [5.74, 6) is 0.465. The molecule has 1 unspecified atom stereocenters. The Morgan fingerprint density at radius 1 is 1.27 bits per heavy atom. The average molecular weight is 234 g/mol. The van der Waals surface area contributed by atoms with Crippen LogP contribution >= 0.6 is 11.6 Å². The number of carbonyl (C=O) groups excluding carboxylic acids is 1. The fourth-order valence-electron chi connectivity index (χ4n) is 1.29. The highest BCUT2D eigenvalue weighted by molar-refractivity contribution is 6.19. The van der Waals surface area contributed by atoms with Crippen molar-refractivity contribution in [2.75, 3.05) is 12.9 Å². The second-order valence-corrected chi connectivity index (χ2v) is 6.24. The predicted octanol–water partition coefficient (Wildman–Crippen LogP) is 3.14. The first-order chi connectivity index (χ1) is 6.54. The molecule has 0 aliphatic carbocycles. The van der Waals surface area contributed by atoms with Crippen LogP contribution in [-0.4, -0.2) is 29.8 Å². The lowest BCUT2D eigenvalue weighted by Gasteiger charge is -2.38. The summed E-state index contributed by atoms with van der Waals surface area (Å²) < 4.78 is 0. The second kappa shape index (κ2) is 4.73. The van der Waals surface area contributed by atoms with Gasteiger partial charge in [-0.3, -0.25) is 4.79 Å². The van der Waals surface area contributed by atoms with Gasteiger partial charge in [0.05, 0.1) is 5.41 Å². The molecule has 0 spiro atoms. The highest BCUT2D eigenvalue weighted by Gasteiger charge is 2.34. The number of halogens is 1. The van der Waals surface area contributed by atoms with Crippen molar-refractivity contribution in [2.24, 2.45) is 10.8 Å². The Balaban J connectivity index is 4.74. The third kappa shape index (κ3) is 3.67. The second-order valence-electron chi connectivity index (χ2n) is 5.98. The van der Waals surface area contributed by atoms with Crippen molar-refractivity contribution in [2.45, 2.75) is 47.6 Å². The van der Waals surface area contributed by atoms with Crippen LogP contribution in [0.4, 0.5) is 0 Å². The maximum Gasteiger partial charge on any atom is 0.229 e. The summed E-state index contributed by atoms with van der Waals surface area (Å²) in [4.78, 5) is 13.9. The van der Waals surface area contributed by atoms with Gasteiger partial charge in [-0.25, -0.2) is 0 Å². The molecular weight excluding hydrogens is 210 g/mol. The van der Waals surface area contributed by atoms with Crippen LogP contribution in [0.5, 0.6) is 0 Å². The third-order valence-electron chi connectivity index (χ3n) is 3.07. The number of carbonyl (C=O) groups is 1. The minimum absolute atomic E-state index is 0.0901. The molecule has 0 bridgehead atoms. The van der Waals surface area contributed by atoms with Gasteiger partial charge in [0.2, 0.25) is 5.91 Å². The number of nitrogens with zero attached hydrogens (tertiary/aromatic N) is 1. The summed E-state index contributed by atoms with van der Waals surface area (Å²) in [5, 5.41) is 0. The molecule has 0 aliphatic rings. The summed E-state index contributed by atoms with van der Waals surface area (Å²) in [6, 6.07) is 0.201. The van der Waals surface area contributed by atoms with Crippen LogP contribution in [0, 0.1) is 10.8 Å². The van der Waals surface area contributed by atoms with E-state index in [1.165, 1.54) is 0 Å². The zero-order chi connectivity index (χ0) is 12.4. The standard InChI is InChI=1S/C12H24ClNO/c1-9(11(2,3)4)14(7)10(15)12(5,6)8-13/h9H,8H2,1-7H3. The highest BCUT2D eigenvalue weighted by atomic mass is 35.5. The predicted molar refractivity (Wildman–Crippen MR) is 66.2 cm³/mol. The Hall–Kier alpha value is -0.240. The van der Waals surface area contributed by atoms with E-state index in [1.807, 2.05) is 25.8 Å². The van der Waals surface area contributed by atoms with Gasteiger partial charge in [-0.1, -0.05) is 20.8 Å². The molecule has 0 aromatic heterocycles. The van der Waals surface area contributed by atoms with Gasteiger partial charge in [-0.2, -0.15) is 0 Å². The van der Waals surface area contributed by atoms with E-state index in [-0.39, 0.29) is 17.4 Å². The minimum Gasteiger partial charge on any atom is -0.342 e. The van der Waals surface area contributed by atoms with E-state index in [1.54, 1.807) is 0 Å². The van der Waals surface area contributed by atoms with Gasteiger partial charge in [0.25, 0.3) is 0 Å². The zero-order valence-corrected chi connectivity index (χ0v) is 11.8. The van der Waals surface area contributed by atoms with Crippen LogP contribution in [0.3, 0.4) is 0 Å². The summed E-state index contributed by atoms with van der Waals surface area (Å²) in [7, 11) is 1.85. The van der Waals surface area contributed by atoms with E-state index in [9.17, 15) is 4.79 Å². The SMILES string of the molecule is CC(N(C)C(=O)C(C)(C)CCl)C(C)(C)C. The summed E-state index contributed by atoms with van der Waals surface area (Å²) in [6.45, 7) is 12.2. The molecule has 0 N–H and O–H groups in total. The van der Waals surface area contributed by atoms with Gasteiger partial charge in [0, 0.05) is 19.0 Å². The molecule has 0 rings (SSSR count). The van der Waals surface area contributed by atoms with Crippen LogP contribution < -0.4 is 0 Å². The fourth-order valence-corrected chi connectivity index (χ4v) is 1.41. The summed E-state index contributed by atoms with van der Waals surface area (Å²) in [6.07, 6.45) is 0. The lowest BCUT2D eigenvalue weighted by molar-refractivity contribution is -0.141. The summed E-state index contributed by atoms with van der Waals surface area (Å²) >= 11 is 5.80. The minimum atomic E-state index is -0.476. The molecule has 0 heterocycles. The number of alkyl halides is 1. The molecule has 0 aromatic carbocycles. The molecule has 0 radical (unpaired) electrons.